The fourth-order valence-corrected chi connectivity index (χ4v) is 3.71. The molecule has 3 aromatic carbocycles. The number of hydrogen-bond acceptors (Lipinski definition) is 0. The molecule has 30 heavy (non-hydrogen) atoms. The zero-order valence-electron chi connectivity index (χ0n) is 18.9. The molecule has 3 rings (SSSR count). The Kier molecular flexibility index (Phi) is 8.18. The van der Waals surface area contributed by atoms with Crippen molar-refractivity contribution in [2.75, 3.05) is 0 Å². The molecule has 0 saturated carbocycles. The number of hydrogen-bond donors (Lipinski definition) is 0. The molecule has 0 amide bonds. The SMILES string of the molecule is C=Cc1ccccc1C(C)(C)C.C=Cc1ccccc1C(C)c1ccccc1C=C. The summed E-state index contributed by atoms with van der Waals surface area (Å²) in [6.07, 6.45) is 5.76. The van der Waals surface area contributed by atoms with Crippen LogP contribution in [0.2, 0.25) is 0 Å². The second-order valence-electron chi connectivity index (χ2n) is 8.43. The molecule has 0 radical (unpaired) electrons. The first-order chi connectivity index (χ1) is 14.3. The van der Waals surface area contributed by atoms with E-state index in [9.17, 15) is 0 Å². The minimum absolute atomic E-state index is 0.213. The molecule has 0 nitrogen and oxygen atoms in total. The van der Waals surface area contributed by atoms with Crippen LogP contribution >= 0.6 is 0 Å². The highest BCUT2D eigenvalue weighted by Crippen LogP contribution is 2.30. The van der Waals surface area contributed by atoms with Crippen molar-refractivity contribution < 1.29 is 0 Å². The Hall–Kier alpha value is -3.12. The van der Waals surface area contributed by atoms with Gasteiger partial charge in [0.1, 0.15) is 0 Å². The van der Waals surface area contributed by atoms with Gasteiger partial charge in [-0.3, -0.25) is 0 Å². The van der Waals surface area contributed by atoms with Crippen molar-refractivity contribution in [2.45, 2.75) is 39.0 Å². The van der Waals surface area contributed by atoms with Crippen LogP contribution in [0.5, 0.6) is 0 Å². The zero-order valence-corrected chi connectivity index (χ0v) is 18.9. The molecule has 0 heterocycles. The Labute approximate surface area is 183 Å². The second kappa shape index (κ2) is 10.6. The molecular weight excluding hydrogens is 360 g/mol. The maximum atomic E-state index is 3.89. The van der Waals surface area contributed by atoms with E-state index in [2.05, 4.69) is 102 Å². The summed E-state index contributed by atoms with van der Waals surface area (Å²) in [5, 5.41) is 0. The quantitative estimate of drug-likeness (QED) is 0.406. The molecule has 0 spiro atoms. The number of rotatable bonds is 5. The van der Waals surface area contributed by atoms with Crippen LogP contribution in [-0.2, 0) is 5.41 Å². The van der Waals surface area contributed by atoms with E-state index in [0.29, 0.717) is 5.92 Å². The van der Waals surface area contributed by atoms with Crippen LogP contribution in [-0.4, -0.2) is 0 Å². The van der Waals surface area contributed by atoms with Gasteiger partial charge in [0.25, 0.3) is 0 Å². The maximum Gasteiger partial charge on any atom is 0.00728 e. The summed E-state index contributed by atoms with van der Waals surface area (Å²) in [6.45, 7) is 20.5. The topological polar surface area (TPSA) is 0 Å². The van der Waals surface area contributed by atoms with E-state index >= 15 is 0 Å². The third-order valence-electron chi connectivity index (χ3n) is 5.35. The lowest BCUT2D eigenvalue weighted by Crippen LogP contribution is -2.12. The Morgan fingerprint density at radius 1 is 0.600 bits per heavy atom. The predicted molar refractivity (Wildman–Crippen MR) is 136 cm³/mol. The van der Waals surface area contributed by atoms with Crippen molar-refractivity contribution in [3.05, 3.63) is 126 Å². The van der Waals surface area contributed by atoms with E-state index in [-0.39, 0.29) is 5.41 Å². The standard InChI is InChI=1S/C18H18.C12H16/c1-4-15-10-6-8-12-17(15)14(3)18-13-9-7-11-16(18)5-2;1-5-10-8-6-7-9-11(10)12(2,3)4/h4-14H,1-2H2,3H3;5-9H,1H2,2-4H3. The summed E-state index contributed by atoms with van der Waals surface area (Å²) in [5.74, 6) is 0.341. The summed E-state index contributed by atoms with van der Waals surface area (Å²) in [4.78, 5) is 0. The lowest BCUT2D eigenvalue weighted by atomic mass is 9.84. The summed E-state index contributed by atoms with van der Waals surface area (Å²) in [6, 6.07) is 25.2. The molecule has 154 valence electrons. The molecule has 0 aliphatic carbocycles. The molecule has 0 N–H and O–H groups in total. The van der Waals surface area contributed by atoms with E-state index in [4.69, 9.17) is 0 Å². The van der Waals surface area contributed by atoms with Gasteiger partial charge in [-0.2, -0.15) is 0 Å². The average Bonchev–Trinajstić information content (AvgIpc) is 2.78. The fourth-order valence-electron chi connectivity index (χ4n) is 3.71. The first-order valence-electron chi connectivity index (χ1n) is 10.5. The molecule has 3 aromatic rings. The normalized spacial score (nSPS) is 10.7. The monoisotopic (exact) mass is 394 g/mol. The minimum atomic E-state index is 0.213. The van der Waals surface area contributed by atoms with Crippen molar-refractivity contribution >= 4 is 18.2 Å². The van der Waals surface area contributed by atoms with Gasteiger partial charge in [-0.15, -0.1) is 0 Å². The van der Waals surface area contributed by atoms with Gasteiger partial charge in [-0.05, 0) is 38.8 Å². The van der Waals surface area contributed by atoms with E-state index < -0.39 is 0 Å². The molecule has 0 heteroatoms. The van der Waals surface area contributed by atoms with E-state index in [1.165, 1.54) is 33.4 Å². The third kappa shape index (κ3) is 5.70. The largest absolute Gasteiger partial charge is 0.0985 e. The van der Waals surface area contributed by atoms with Crippen molar-refractivity contribution in [1.29, 1.82) is 0 Å². The van der Waals surface area contributed by atoms with Crippen LogP contribution in [0.4, 0.5) is 0 Å². The van der Waals surface area contributed by atoms with Gasteiger partial charge >= 0.3 is 0 Å². The Balaban J connectivity index is 0.000000232. The Morgan fingerprint density at radius 2 is 0.967 bits per heavy atom. The molecule has 0 saturated heterocycles. The lowest BCUT2D eigenvalue weighted by molar-refractivity contribution is 0.589. The Morgan fingerprint density at radius 3 is 1.33 bits per heavy atom. The highest BCUT2D eigenvalue weighted by molar-refractivity contribution is 5.59. The van der Waals surface area contributed by atoms with Crippen LogP contribution in [0.3, 0.4) is 0 Å². The second-order valence-corrected chi connectivity index (χ2v) is 8.43. The van der Waals surface area contributed by atoms with Crippen molar-refractivity contribution in [3.63, 3.8) is 0 Å². The predicted octanol–water partition coefficient (Wildman–Crippen LogP) is 8.75. The van der Waals surface area contributed by atoms with Gasteiger partial charge in [0.05, 0.1) is 0 Å². The van der Waals surface area contributed by atoms with Crippen LogP contribution in [0.15, 0.2) is 92.5 Å². The van der Waals surface area contributed by atoms with E-state index in [0.717, 1.165) is 0 Å². The van der Waals surface area contributed by atoms with E-state index in [1.807, 2.05) is 36.4 Å². The summed E-state index contributed by atoms with van der Waals surface area (Å²) < 4.78 is 0. The average molecular weight is 395 g/mol. The summed E-state index contributed by atoms with van der Waals surface area (Å²) in [7, 11) is 0. The number of benzene rings is 3. The van der Waals surface area contributed by atoms with Gasteiger partial charge in [0, 0.05) is 5.92 Å². The molecule has 0 aromatic heterocycles. The highest BCUT2D eigenvalue weighted by atomic mass is 14.2. The van der Waals surface area contributed by atoms with Gasteiger partial charge in [0.15, 0.2) is 0 Å². The fraction of sp³-hybridized carbons (Fsp3) is 0.200. The first kappa shape index (κ1) is 23.2. The lowest BCUT2D eigenvalue weighted by Gasteiger charge is -2.21. The van der Waals surface area contributed by atoms with Crippen LogP contribution < -0.4 is 0 Å². The molecule has 0 unspecified atom stereocenters. The maximum absolute atomic E-state index is 3.89. The molecule has 0 bridgehead atoms. The molecule has 0 aliphatic rings. The zero-order chi connectivity index (χ0) is 22.1. The van der Waals surface area contributed by atoms with Gasteiger partial charge in [0.2, 0.25) is 0 Å². The van der Waals surface area contributed by atoms with Crippen molar-refractivity contribution in [3.8, 4) is 0 Å². The third-order valence-corrected chi connectivity index (χ3v) is 5.35. The molecule has 0 fully saturated rings. The van der Waals surface area contributed by atoms with Crippen LogP contribution in [0.25, 0.3) is 18.2 Å². The molecular formula is C30H34. The smallest absolute Gasteiger partial charge is 0.00728 e. The first-order valence-corrected chi connectivity index (χ1v) is 10.5. The Bertz CT molecular complexity index is 947. The van der Waals surface area contributed by atoms with Crippen molar-refractivity contribution in [1.82, 2.24) is 0 Å². The van der Waals surface area contributed by atoms with Crippen molar-refractivity contribution in [2.24, 2.45) is 0 Å². The molecule has 0 atom stereocenters. The van der Waals surface area contributed by atoms with Gasteiger partial charge in [-0.1, -0.05) is 138 Å². The minimum Gasteiger partial charge on any atom is -0.0985 e. The summed E-state index contributed by atoms with van der Waals surface area (Å²) in [5.41, 5.74) is 7.83. The highest BCUT2D eigenvalue weighted by Gasteiger charge is 2.15. The molecule has 0 aliphatic heterocycles. The van der Waals surface area contributed by atoms with Crippen LogP contribution in [0, 0.1) is 0 Å². The van der Waals surface area contributed by atoms with Gasteiger partial charge in [-0.25, -0.2) is 0 Å². The van der Waals surface area contributed by atoms with Crippen LogP contribution in [0.1, 0.15) is 67.0 Å². The van der Waals surface area contributed by atoms with E-state index in [1.54, 1.807) is 0 Å². The summed E-state index contributed by atoms with van der Waals surface area (Å²) >= 11 is 0. The van der Waals surface area contributed by atoms with Gasteiger partial charge < -0.3 is 0 Å².